The lowest BCUT2D eigenvalue weighted by Gasteiger charge is -2.18. The van der Waals surface area contributed by atoms with Crippen molar-refractivity contribution in [3.63, 3.8) is 0 Å². The molecule has 1 unspecified atom stereocenters. The zero-order valence-electron chi connectivity index (χ0n) is 16.9. The molecule has 0 aliphatic heterocycles. The Kier molecular flexibility index (Phi) is 5.35. The summed E-state index contributed by atoms with van der Waals surface area (Å²) in [7, 11) is 1.62. The van der Waals surface area contributed by atoms with Crippen LogP contribution < -0.4 is 16.0 Å². The third-order valence-electron chi connectivity index (χ3n) is 5.28. The molecule has 1 heterocycles. The van der Waals surface area contributed by atoms with Crippen LogP contribution >= 0.6 is 0 Å². The fourth-order valence-corrected chi connectivity index (χ4v) is 3.60. The van der Waals surface area contributed by atoms with Crippen molar-refractivity contribution in [2.45, 2.75) is 13.0 Å². The van der Waals surface area contributed by atoms with E-state index in [1.165, 1.54) is 4.68 Å². The third-order valence-corrected chi connectivity index (χ3v) is 5.28. The van der Waals surface area contributed by atoms with Crippen LogP contribution in [-0.2, 0) is 0 Å². The number of hydrogen-bond donors (Lipinski definition) is 1. The first-order chi connectivity index (χ1) is 14.6. The fourth-order valence-electron chi connectivity index (χ4n) is 3.60. The summed E-state index contributed by atoms with van der Waals surface area (Å²) in [6.45, 7) is 1.97. The van der Waals surface area contributed by atoms with Crippen LogP contribution in [0.15, 0.2) is 89.9 Å². The molecule has 2 N–H and O–H groups in total. The predicted molar refractivity (Wildman–Crippen MR) is 121 cm³/mol. The summed E-state index contributed by atoms with van der Waals surface area (Å²) in [5.41, 5.74) is 10.5. The molecule has 0 saturated heterocycles. The molecule has 0 spiro atoms. The highest BCUT2D eigenvalue weighted by Gasteiger charge is 2.19. The summed E-state index contributed by atoms with van der Waals surface area (Å²) in [4.78, 5) is 13.7. The number of aromatic nitrogens is 2. The van der Waals surface area contributed by atoms with Crippen molar-refractivity contribution in [3.05, 3.63) is 101 Å². The Morgan fingerprint density at radius 2 is 1.57 bits per heavy atom. The Hall–Kier alpha value is -3.86. The number of benzene rings is 3. The number of nitrogens with zero attached hydrogens (tertiary/aromatic N) is 2. The van der Waals surface area contributed by atoms with Crippen LogP contribution in [0.5, 0.6) is 5.75 Å². The minimum absolute atomic E-state index is 0.169. The zero-order valence-corrected chi connectivity index (χ0v) is 16.9. The van der Waals surface area contributed by atoms with Gasteiger partial charge in [-0.2, -0.15) is 5.10 Å². The summed E-state index contributed by atoms with van der Waals surface area (Å²) in [6.07, 6.45) is 1.73. The van der Waals surface area contributed by atoms with Gasteiger partial charge in [-0.05, 0) is 36.2 Å². The van der Waals surface area contributed by atoms with E-state index in [-0.39, 0.29) is 11.6 Å². The Bertz CT molecular complexity index is 1220. The summed E-state index contributed by atoms with van der Waals surface area (Å²) < 4.78 is 6.80. The lowest BCUT2D eigenvalue weighted by atomic mass is 9.96. The molecule has 4 rings (SSSR count). The maximum atomic E-state index is 13.7. The molecule has 4 aromatic rings. The molecule has 5 nitrogen and oxygen atoms in total. The van der Waals surface area contributed by atoms with Gasteiger partial charge in [-0.1, -0.05) is 60.7 Å². The molecule has 0 bridgehead atoms. The van der Waals surface area contributed by atoms with Gasteiger partial charge in [0, 0.05) is 16.8 Å². The van der Waals surface area contributed by atoms with Crippen molar-refractivity contribution >= 4 is 5.69 Å². The highest BCUT2D eigenvalue weighted by molar-refractivity contribution is 5.87. The molecule has 0 fully saturated rings. The first kappa shape index (κ1) is 19.5. The Balaban J connectivity index is 1.95. The predicted octanol–water partition coefficient (Wildman–Crippen LogP) is 4.78. The molecule has 1 atom stereocenters. The maximum absolute atomic E-state index is 13.7. The number of para-hydroxylation sites is 1. The molecule has 0 amide bonds. The number of nitrogens with two attached hydrogens (primary N) is 1. The SMILES string of the molecule is COc1ccc(-c2c(-c3ccccc3N)cnn(C(C)c3ccccc3)c2=O)cc1. The molecule has 3 aromatic carbocycles. The van der Waals surface area contributed by atoms with E-state index in [0.717, 1.165) is 22.4 Å². The van der Waals surface area contributed by atoms with Gasteiger partial charge in [0.05, 0.1) is 24.9 Å². The van der Waals surface area contributed by atoms with Gasteiger partial charge in [-0.3, -0.25) is 4.79 Å². The number of anilines is 1. The van der Waals surface area contributed by atoms with Crippen LogP contribution in [0.2, 0.25) is 0 Å². The summed E-state index contributed by atoms with van der Waals surface area (Å²) in [5, 5.41) is 4.52. The van der Waals surface area contributed by atoms with Crippen molar-refractivity contribution in [3.8, 4) is 28.0 Å². The highest BCUT2D eigenvalue weighted by atomic mass is 16.5. The molecule has 1 aromatic heterocycles. The van der Waals surface area contributed by atoms with Gasteiger partial charge in [-0.25, -0.2) is 4.68 Å². The molecular weight excluding hydrogens is 374 g/mol. The number of rotatable bonds is 5. The number of nitrogen functional groups attached to an aromatic ring is 1. The molecule has 0 aliphatic rings. The molecule has 0 radical (unpaired) electrons. The molecule has 30 heavy (non-hydrogen) atoms. The molecule has 0 saturated carbocycles. The minimum atomic E-state index is -0.210. The molecule has 5 heteroatoms. The lowest BCUT2D eigenvalue weighted by Crippen LogP contribution is -2.28. The third kappa shape index (κ3) is 3.57. The number of methoxy groups -OCH3 is 1. The number of hydrogen-bond acceptors (Lipinski definition) is 4. The monoisotopic (exact) mass is 397 g/mol. The van der Waals surface area contributed by atoms with Crippen molar-refractivity contribution in [1.82, 2.24) is 9.78 Å². The van der Waals surface area contributed by atoms with Gasteiger partial charge >= 0.3 is 0 Å². The lowest BCUT2D eigenvalue weighted by molar-refractivity contribution is 0.415. The van der Waals surface area contributed by atoms with Crippen molar-refractivity contribution in [2.75, 3.05) is 12.8 Å². The van der Waals surface area contributed by atoms with Gasteiger partial charge in [0.25, 0.3) is 5.56 Å². The van der Waals surface area contributed by atoms with Crippen molar-refractivity contribution < 1.29 is 4.74 Å². The summed E-state index contributed by atoms with van der Waals surface area (Å²) >= 11 is 0. The van der Waals surface area contributed by atoms with E-state index in [2.05, 4.69) is 5.10 Å². The smallest absolute Gasteiger partial charge is 0.275 e. The van der Waals surface area contributed by atoms with E-state index in [9.17, 15) is 4.79 Å². The molecule has 150 valence electrons. The Morgan fingerprint density at radius 3 is 2.23 bits per heavy atom. The van der Waals surface area contributed by atoms with Crippen LogP contribution in [0.1, 0.15) is 18.5 Å². The fraction of sp³-hybridized carbons (Fsp3) is 0.120. The highest BCUT2D eigenvalue weighted by Crippen LogP contribution is 2.33. The average Bonchev–Trinajstić information content (AvgIpc) is 2.79. The first-order valence-corrected chi connectivity index (χ1v) is 9.76. The van der Waals surface area contributed by atoms with Crippen LogP contribution in [0.3, 0.4) is 0 Å². The van der Waals surface area contributed by atoms with Crippen molar-refractivity contribution in [1.29, 1.82) is 0 Å². The van der Waals surface area contributed by atoms with E-state index < -0.39 is 0 Å². The van der Waals surface area contributed by atoms with Gasteiger partial charge < -0.3 is 10.5 Å². The van der Waals surface area contributed by atoms with Crippen LogP contribution in [-0.4, -0.2) is 16.9 Å². The molecular formula is C25H23N3O2. The minimum Gasteiger partial charge on any atom is -0.497 e. The Morgan fingerprint density at radius 1 is 0.900 bits per heavy atom. The topological polar surface area (TPSA) is 70.1 Å². The van der Waals surface area contributed by atoms with E-state index in [1.807, 2.05) is 85.8 Å². The maximum Gasteiger partial charge on any atom is 0.275 e. The average molecular weight is 397 g/mol. The van der Waals surface area contributed by atoms with Crippen LogP contribution in [0.4, 0.5) is 5.69 Å². The zero-order chi connectivity index (χ0) is 21.1. The van der Waals surface area contributed by atoms with E-state index in [0.29, 0.717) is 16.8 Å². The number of ether oxygens (including phenoxy) is 1. The second-order valence-electron chi connectivity index (χ2n) is 7.09. The standard InChI is InChI=1S/C25H23N3O2/c1-17(18-8-4-3-5-9-18)28-25(29)24(19-12-14-20(30-2)15-13-19)22(16-27-28)21-10-6-7-11-23(21)26/h3-17H,26H2,1-2H3. The molecule has 0 aliphatic carbocycles. The normalized spacial score (nSPS) is 11.8. The summed E-state index contributed by atoms with van der Waals surface area (Å²) in [5.74, 6) is 0.728. The van der Waals surface area contributed by atoms with Crippen LogP contribution in [0, 0.1) is 0 Å². The quantitative estimate of drug-likeness (QED) is 0.492. The Labute approximate surface area is 175 Å². The largest absolute Gasteiger partial charge is 0.497 e. The summed E-state index contributed by atoms with van der Waals surface area (Å²) in [6, 6.07) is 24.6. The van der Waals surface area contributed by atoms with E-state index in [4.69, 9.17) is 10.5 Å². The van der Waals surface area contributed by atoms with Gasteiger partial charge in [-0.15, -0.1) is 0 Å². The van der Waals surface area contributed by atoms with Crippen molar-refractivity contribution in [2.24, 2.45) is 0 Å². The first-order valence-electron chi connectivity index (χ1n) is 9.76. The second-order valence-corrected chi connectivity index (χ2v) is 7.09. The van der Waals surface area contributed by atoms with Gasteiger partial charge in [0.1, 0.15) is 5.75 Å². The van der Waals surface area contributed by atoms with Gasteiger partial charge in [0.2, 0.25) is 0 Å². The second kappa shape index (κ2) is 8.25. The van der Waals surface area contributed by atoms with E-state index >= 15 is 0 Å². The van der Waals surface area contributed by atoms with E-state index in [1.54, 1.807) is 13.3 Å². The van der Waals surface area contributed by atoms with Crippen LogP contribution in [0.25, 0.3) is 22.3 Å². The van der Waals surface area contributed by atoms with Gasteiger partial charge in [0.15, 0.2) is 0 Å².